The van der Waals surface area contributed by atoms with Crippen LogP contribution in [0, 0.1) is 12.7 Å². The van der Waals surface area contributed by atoms with Crippen molar-refractivity contribution in [1.29, 1.82) is 0 Å². The van der Waals surface area contributed by atoms with Crippen molar-refractivity contribution in [2.45, 2.75) is 13.5 Å². The standard InChI is InChI=1S/C20H15ClFN5O2/c1-12-10-18(29)27-20(24-19(25-27)13-6-2-3-7-14(13)21)26(12)11-17(28)23-16-9-5-4-8-15(16)22/h2-10H,11H2,1H3,(H,23,28). The topological polar surface area (TPSA) is 81.3 Å². The third-order valence-corrected chi connectivity index (χ3v) is 4.69. The minimum absolute atomic E-state index is 0.0745. The van der Waals surface area contributed by atoms with Gasteiger partial charge in [0.15, 0.2) is 5.82 Å². The van der Waals surface area contributed by atoms with E-state index in [1.54, 1.807) is 37.3 Å². The van der Waals surface area contributed by atoms with Gasteiger partial charge >= 0.3 is 0 Å². The monoisotopic (exact) mass is 411 g/mol. The van der Waals surface area contributed by atoms with Crippen LogP contribution in [0.1, 0.15) is 5.69 Å². The number of nitrogens with zero attached hydrogens (tertiary/aromatic N) is 4. The number of nitrogens with one attached hydrogen (secondary N) is 1. The number of halogens is 2. The van der Waals surface area contributed by atoms with Crippen molar-refractivity contribution in [1.82, 2.24) is 19.2 Å². The molecule has 2 heterocycles. The quantitative estimate of drug-likeness (QED) is 0.558. The van der Waals surface area contributed by atoms with Gasteiger partial charge in [-0.25, -0.2) is 4.39 Å². The zero-order valence-electron chi connectivity index (χ0n) is 15.3. The third-order valence-electron chi connectivity index (χ3n) is 4.36. The Morgan fingerprint density at radius 2 is 1.90 bits per heavy atom. The van der Waals surface area contributed by atoms with E-state index in [1.165, 1.54) is 28.8 Å². The van der Waals surface area contributed by atoms with E-state index < -0.39 is 11.7 Å². The Labute approximate surface area is 169 Å². The van der Waals surface area contributed by atoms with Gasteiger partial charge in [0, 0.05) is 17.3 Å². The second-order valence-corrected chi connectivity index (χ2v) is 6.77. The highest BCUT2D eigenvalue weighted by atomic mass is 35.5. The lowest BCUT2D eigenvalue weighted by Crippen LogP contribution is -2.25. The first-order valence-corrected chi connectivity index (χ1v) is 9.08. The van der Waals surface area contributed by atoms with Gasteiger partial charge in [-0.05, 0) is 31.2 Å². The fourth-order valence-electron chi connectivity index (χ4n) is 2.95. The average molecular weight is 412 g/mol. The minimum atomic E-state index is -0.536. The molecule has 146 valence electrons. The number of carbonyl (C=O) groups excluding carboxylic acids is 1. The summed E-state index contributed by atoms with van der Waals surface area (Å²) in [5.74, 6) is -0.549. The number of fused-ring (bicyclic) bond motifs is 1. The smallest absolute Gasteiger partial charge is 0.275 e. The lowest BCUT2D eigenvalue weighted by Gasteiger charge is -2.12. The summed E-state index contributed by atoms with van der Waals surface area (Å²) in [6, 6.07) is 14.2. The van der Waals surface area contributed by atoms with Gasteiger partial charge in [0.05, 0.1) is 10.7 Å². The summed E-state index contributed by atoms with van der Waals surface area (Å²) in [7, 11) is 0. The molecule has 9 heteroatoms. The maximum Gasteiger partial charge on any atom is 0.275 e. The Morgan fingerprint density at radius 1 is 1.17 bits per heavy atom. The van der Waals surface area contributed by atoms with Crippen molar-refractivity contribution in [3.05, 3.63) is 81.5 Å². The van der Waals surface area contributed by atoms with Crippen LogP contribution in [-0.4, -0.2) is 25.1 Å². The molecule has 0 aliphatic carbocycles. The zero-order chi connectivity index (χ0) is 20.5. The fourth-order valence-corrected chi connectivity index (χ4v) is 3.17. The number of carbonyl (C=O) groups is 1. The Hall–Kier alpha value is -3.52. The van der Waals surface area contributed by atoms with Gasteiger partial charge < -0.3 is 9.88 Å². The van der Waals surface area contributed by atoms with Crippen LogP contribution in [0.4, 0.5) is 10.1 Å². The van der Waals surface area contributed by atoms with Crippen molar-refractivity contribution in [2.75, 3.05) is 5.32 Å². The van der Waals surface area contributed by atoms with Crippen LogP contribution in [0.2, 0.25) is 5.02 Å². The van der Waals surface area contributed by atoms with Crippen molar-refractivity contribution < 1.29 is 9.18 Å². The second kappa shape index (κ2) is 7.48. The van der Waals surface area contributed by atoms with Crippen molar-refractivity contribution in [3.8, 4) is 11.4 Å². The summed E-state index contributed by atoms with van der Waals surface area (Å²) in [5, 5.41) is 7.21. The number of aromatic nitrogens is 4. The normalized spacial score (nSPS) is 11.0. The molecule has 2 aromatic heterocycles. The highest BCUT2D eigenvalue weighted by Crippen LogP contribution is 2.25. The molecule has 1 N–H and O–H groups in total. The van der Waals surface area contributed by atoms with Crippen molar-refractivity contribution in [2.24, 2.45) is 0 Å². The molecule has 2 aromatic carbocycles. The van der Waals surface area contributed by atoms with Gasteiger partial charge in [-0.15, -0.1) is 5.10 Å². The summed E-state index contributed by atoms with van der Waals surface area (Å²) >= 11 is 6.21. The van der Waals surface area contributed by atoms with Crippen LogP contribution >= 0.6 is 11.6 Å². The predicted molar refractivity (Wildman–Crippen MR) is 107 cm³/mol. The maximum atomic E-state index is 13.8. The fraction of sp³-hybridized carbons (Fsp3) is 0.100. The molecule has 0 saturated heterocycles. The van der Waals surface area contributed by atoms with Gasteiger partial charge in [0.25, 0.3) is 5.56 Å². The van der Waals surface area contributed by atoms with Crippen LogP contribution in [-0.2, 0) is 11.3 Å². The number of anilines is 1. The van der Waals surface area contributed by atoms with E-state index in [2.05, 4.69) is 15.4 Å². The molecular formula is C20H15ClFN5O2. The number of aryl methyl sites for hydroxylation is 1. The van der Waals surface area contributed by atoms with E-state index in [9.17, 15) is 14.0 Å². The molecule has 0 spiro atoms. The Morgan fingerprint density at radius 3 is 2.66 bits per heavy atom. The molecule has 0 saturated carbocycles. The molecule has 29 heavy (non-hydrogen) atoms. The summed E-state index contributed by atoms with van der Waals surface area (Å²) in [5.41, 5.74) is 0.779. The molecule has 0 aliphatic rings. The molecule has 4 aromatic rings. The van der Waals surface area contributed by atoms with E-state index in [0.29, 0.717) is 16.3 Å². The van der Waals surface area contributed by atoms with E-state index in [0.717, 1.165) is 4.52 Å². The minimum Gasteiger partial charge on any atom is -0.322 e. The lowest BCUT2D eigenvalue weighted by atomic mass is 10.2. The Balaban J connectivity index is 1.74. The summed E-state index contributed by atoms with van der Waals surface area (Å²) in [6.45, 7) is 1.51. The number of para-hydroxylation sites is 1. The molecule has 0 unspecified atom stereocenters. The van der Waals surface area contributed by atoms with E-state index in [1.807, 2.05) is 0 Å². The predicted octanol–water partition coefficient (Wildman–Crippen LogP) is 3.30. The molecule has 0 aliphatic heterocycles. The van der Waals surface area contributed by atoms with E-state index >= 15 is 0 Å². The van der Waals surface area contributed by atoms with Crippen molar-refractivity contribution >= 4 is 29.0 Å². The molecule has 0 atom stereocenters. The Kier molecular flexibility index (Phi) is 4.85. The number of amides is 1. The second-order valence-electron chi connectivity index (χ2n) is 6.37. The number of hydrogen-bond donors (Lipinski definition) is 1. The summed E-state index contributed by atoms with van der Waals surface area (Å²) in [6.07, 6.45) is 0. The highest BCUT2D eigenvalue weighted by Gasteiger charge is 2.17. The number of hydrogen-bond acceptors (Lipinski definition) is 4. The average Bonchev–Trinajstić information content (AvgIpc) is 3.13. The lowest BCUT2D eigenvalue weighted by molar-refractivity contribution is -0.116. The molecular weight excluding hydrogens is 397 g/mol. The largest absolute Gasteiger partial charge is 0.322 e. The highest BCUT2D eigenvalue weighted by molar-refractivity contribution is 6.33. The number of benzene rings is 2. The molecule has 4 rings (SSSR count). The molecule has 1 amide bonds. The summed E-state index contributed by atoms with van der Waals surface area (Å²) in [4.78, 5) is 29.3. The van der Waals surface area contributed by atoms with E-state index in [-0.39, 0.29) is 29.4 Å². The summed E-state index contributed by atoms with van der Waals surface area (Å²) < 4.78 is 16.4. The van der Waals surface area contributed by atoms with Gasteiger partial charge in [-0.3, -0.25) is 9.59 Å². The molecule has 0 radical (unpaired) electrons. The third kappa shape index (κ3) is 3.62. The Bertz CT molecular complexity index is 1300. The van der Waals surface area contributed by atoms with Crippen LogP contribution in [0.15, 0.2) is 59.4 Å². The van der Waals surface area contributed by atoms with Gasteiger partial charge in [0.1, 0.15) is 12.4 Å². The van der Waals surface area contributed by atoms with Gasteiger partial charge in [-0.2, -0.15) is 9.50 Å². The first-order valence-electron chi connectivity index (χ1n) is 8.70. The SMILES string of the molecule is Cc1cc(=O)n2nc(-c3ccccc3Cl)nc2n1CC(=O)Nc1ccccc1F. The first-order chi connectivity index (χ1) is 13.9. The zero-order valence-corrected chi connectivity index (χ0v) is 16.0. The van der Waals surface area contributed by atoms with Gasteiger partial charge in [-0.1, -0.05) is 35.9 Å². The number of rotatable bonds is 4. The maximum absolute atomic E-state index is 13.8. The van der Waals surface area contributed by atoms with E-state index in [4.69, 9.17) is 11.6 Å². The van der Waals surface area contributed by atoms with Gasteiger partial charge in [0.2, 0.25) is 11.7 Å². The van der Waals surface area contributed by atoms with Crippen LogP contribution in [0.25, 0.3) is 17.2 Å². The first kappa shape index (κ1) is 18.8. The van der Waals surface area contributed by atoms with Crippen LogP contribution < -0.4 is 10.9 Å². The van der Waals surface area contributed by atoms with Crippen molar-refractivity contribution in [3.63, 3.8) is 0 Å². The molecule has 0 bridgehead atoms. The molecule has 7 nitrogen and oxygen atoms in total. The van der Waals surface area contributed by atoms with Crippen LogP contribution in [0.5, 0.6) is 0 Å². The molecule has 0 fully saturated rings. The van der Waals surface area contributed by atoms with Crippen LogP contribution in [0.3, 0.4) is 0 Å².